The van der Waals surface area contributed by atoms with Gasteiger partial charge >= 0.3 is 5.69 Å². The number of imidazole rings is 1. The zero-order chi connectivity index (χ0) is 16.3. The molecule has 0 aromatic carbocycles. The predicted molar refractivity (Wildman–Crippen MR) is 87.4 cm³/mol. The summed E-state index contributed by atoms with van der Waals surface area (Å²) in [6.45, 7) is 5.77. The molecule has 2 rings (SSSR count). The van der Waals surface area contributed by atoms with Crippen LogP contribution in [0.2, 0.25) is 0 Å². The van der Waals surface area contributed by atoms with Crippen molar-refractivity contribution >= 4 is 17.1 Å². The molecule has 0 radical (unpaired) electrons. The average molecular weight is 308 g/mol. The number of unbranched alkanes of at least 4 members (excludes halogenated alkanes) is 1. The van der Waals surface area contributed by atoms with Crippen molar-refractivity contribution in [3.8, 4) is 0 Å². The summed E-state index contributed by atoms with van der Waals surface area (Å²) in [5.74, 6) is 0.552. The van der Waals surface area contributed by atoms with Gasteiger partial charge in [-0.25, -0.2) is 4.79 Å². The smallest absolute Gasteiger partial charge is 0.332 e. The minimum atomic E-state index is -0.300. The van der Waals surface area contributed by atoms with Gasteiger partial charge in [0.15, 0.2) is 11.2 Å². The molecule has 8 nitrogen and oxygen atoms in total. The summed E-state index contributed by atoms with van der Waals surface area (Å²) in [7, 11) is 1.77. The minimum Gasteiger partial charge on any atom is -0.354 e. The first-order valence-corrected chi connectivity index (χ1v) is 7.70. The molecule has 0 bridgehead atoms. The highest BCUT2D eigenvalue weighted by Gasteiger charge is 2.18. The molecule has 22 heavy (non-hydrogen) atoms. The van der Waals surface area contributed by atoms with Gasteiger partial charge in [-0.3, -0.25) is 13.9 Å². The summed E-state index contributed by atoms with van der Waals surface area (Å²) in [6, 6.07) is 0. The third kappa shape index (κ3) is 2.66. The van der Waals surface area contributed by atoms with E-state index in [4.69, 9.17) is 5.73 Å². The van der Waals surface area contributed by atoms with Crippen LogP contribution in [0.4, 0.5) is 5.95 Å². The maximum absolute atomic E-state index is 12.6. The Morgan fingerprint density at radius 1 is 1.23 bits per heavy atom. The lowest BCUT2D eigenvalue weighted by Crippen LogP contribution is -2.40. The first-order chi connectivity index (χ1) is 10.6. The third-order valence-corrected chi connectivity index (χ3v) is 3.72. The molecule has 0 aliphatic rings. The molecule has 0 fully saturated rings. The molecule has 122 valence electrons. The average Bonchev–Trinajstić information content (AvgIpc) is 2.82. The second-order valence-corrected chi connectivity index (χ2v) is 5.22. The second-order valence-electron chi connectivity index (χ2n) is 5.22. The SMILES string of the molecule is CCCCn1c(=O)n(CC)c(=O)c2c1nc(NCCN)n2C. The van der Waals surface area contributed by atoms with E-state index in [1.165, 1.54) is 4.57 Å². The molecule has 0 spiro atoms. The van der Waals surface area contributed by atoms with Crippen LogP contribution in [0.25, 0.3) is 11.2 Å². The number of hydrogen-bond donors (Lipinski definition) is 2. The Labute approximate surface area is 128 Å². The van der Waals surface area contributed by atoms with Gasteiger partial charge in [-0.1, -0.05) is 13.3 Å². The monoisotopic (exact) mass is 308 g/mol. The molecule has 0 unspecified atom stereocenters. The predicted octanol–water partition coefficient (Wildman–Crippen LogP) is 0.0873. The van der Waals surface area contributed by atoms with Crippen LogP contribution in [0.1, 0.15) is 26.7 Å². The van der Waals surface area contributed by atoms with E-state index in [-0.39, 0.29) is 11.2 Å². The normalized spacial score (nSPS) is 11.3. The van der Waals surface area contributed by atoms with Gasteiger partial charge in [0.25, 0.3) is 5.56 Å². The van der Waals surface area contributed by atoms with E-state index in [0.29, 0.717) is 43.3 Å². The van der Waals surface area contributed by atoms with Gasteiger partial charge in [0.2, 0.25) is 5.95 Å². The Morgan fingerprint density at radius 3 is 2.55 bits per heavy atom. The number of nitrogens with two attached hydrogens (primary N) is 1. The van der Waals surface area contributed by atoms with E-state index >= 15 is 0 Å². The van der Waals surface area contributed by atoms with Crippen molar-refractivity contribution in [1.29, 1.82) is 0 Å². The lowest BCUT2D eigenvalue weighted by atomic mass is 10.3. The van der Waals surface area contributed by atoms with Crippen LogP contribution in [-0.4, -0.2) is 31.8 Å². The third-order valence-electron chi connectivity index (χ3n) is 3.72. The molecule has 3 N–H and O–H groups in total. The highest BCUT2D eigenvalue weighted by Crippen LogP contribution is 2.14. The maximum Gasteiger partial charge on any atom is 0.332 e. The van der Waals surface area contributed by atoms with Crippen molar-refractivity contribution in [3.05, 3.63) is 20.8 Å². The Morgan fingerprint density at radius 2 is 1.95 bits per heavy atom. The molecule has 0 aliphatic carbocycles. The molecule has 2 heterocycles. The molecule has 8 heteroatoms. The van der Waals surface area contributed by atoms with Crippen LogP contribution in [0.5, 0.6) is 0 Å². The number of aromatic nitrogens is 4. The minimum absolute atomic E-state index is 0.295. The lowest BCUT2D eigenvalue weighted by Gasteiger charge is -2.09. The molecular weight excluding hydrogens is 284 g/mol. The van der Waals surface area contributed by atoms with Crippen molar-refractivity contribution in [1.82, 2.24) is 18.7 Å². The van der Waals surface area contributed by atoms with Gasteiger partial charge in [0.1, 0.15) is 0 Å². The van der Waals surface area contributed by atoms with E-state index < -0.39 is 0 Å². The zero-order valence-electron chi connectivity index (χ0n) is 13.4. The van der Waals surface area contributed by atoms with Gasteiger partial charge in [-0.2, -0.15) is 4.98 Å². The van der Waals surface area contributed by atoms with Crippen molar-refractivity contribution in [3.63, 3.8) is 0 Å². The first-order valence-electron chi connectivity index (χ1n) is 7.70. The fourth-order valence-electron chi connectivity index (χ4n) is 2.50. The van der Waals surface area contributed by atoms with Crippen LogP contribution in [0, 0.1) is 0 Å². The summed E-state index contributed by atoms with van der Waals surface area (Å²) in [5.41, 5.74) is 5.78. The Balaban J connectivity index is 2.75. The van der Waals surface area contributed by atoms with E-state index in [9.17, 15) is 9.59 Å². The Kier molecular flexibility index (Phi) is 5.02. The van der Waals surface area contributed by atoms with Crippen molar-refractivity contribution in [2.75, 3.05) is 18.4 Å². The molecule has 0 saturated heterocycles. The van der Waals surface area contributed by atoms with Gasteiger partial charge < -0.3 is 15.6 Å². The van der Waals surface area contributed by atoms with Crippen LogP contribution in [0.3, 0.4) is 0 Å². The number of fused-ring (bicyclic) bond motifs is 1. The van der Waals surface area contributed by atoms with Crippen molar-refractivity contribution in [2.24, 2.45) is 12.8 Å². The van der Waals surface area contributed by atoms with E-state index in [1.807, 2.05) is 0 Å². The molecular formula is C14H24N6O2. The number of aryl methyl sites for hydroxylation is 2. The first kappa shape index (κ1) is 16.3. The Bertz CT molecular complexity index is 770. The highest BCUT2D eigenvalue weighted by atomic mass is 16.2. The van der Waals surface area contributed by atoms with Crippen LogP contribution in [-0.2, 0) is 20.1 Å². The van der Waals surface area contributed by atoms with Gasteiger partial charge in [0, 0.05) is 33.2 Å². The van der Waals surface area contributed by atoms with E-state index in [0.717, 1.165) is 12.8 Å². The molecule has 0 aliphatic heterocycles. The molecule has 2 aromatic rings. The lowest BCUT2D eigenvalue weighted by molar-refractivity contribution is 0.561. The van der Waals surface area contributed by atoms with Crippen molar-refractivity contribution < 1.29 is 0 Å². The number of anilines is 1. The summed E-state index contributed by atoms with van der Waals surface area (Å²) >= 11 is 0. The second kappa shape index (κ2) is 6.78. The number of rotatable bonds is 7. The van der Waals surface area contributed by atoms with E-state index in [1.54, 1.807) is 23.1 Å². The van der Waals surface area contributed by atoms with Crippen LogP contribution >= 0.6 is 0 Å². The molecule has 2 aromatic heterocycles. The quantitative estimate of drug-likeness (QED) is 0.755. The number of nitrogens with zero attached hydrogens (tertiary/aromatic N) is 4. The summed E-state index contributed by atoms with van der Waals surface area (Å²) in [4.78, 5) is 29.5. The molecule has 0 saturated carbocycles. The summed E-state index contributed by atoms with van der Waals surface area (Å²) < 4.78 is 4.55. The van der Waals surface area contributed by atoms with E-state index in [2.05, 4.69) is 17.2 Å². The molecule has 0 amide bonds. The van der Waals surface area contributed by atoms with Crippen LogP contribution in [0.15, 0.2) is 9.59 Å². The zero-order valence-corrected chi connectivity index (χ0v) is 13.4. The largest absolute Gasteiger partial charge is 0.354 e. The molecule has 0 atom stereocenters. The Hall–Kier alpha value is -2.09. The number of nitrogens with one attached hydrogen (secondary N) is 1. The topological polar surface area (TPSA) is 99.9 Å². The fraction of sp³-hybridized carbons (Fsp3) is 0.643. The summed E-state index contributed by atoms with van der Waals surface area (Å²) in [5, 5.41) is 3.08. The number of hydrogen-bond acceptors (Lipinski definition) is 5. The van der Waals surface area contributed by atoms with Crippen LogP contribution < -0.4 is 22.3 Å². The summed E-state index contributed by atoms with van der Waals surface area (Å²) in [6.07, 6.45) is 1.82. The van der Waals surface area contributed by atoms with Gasteiger partial charge in [0.05, 0.1) is 0 Å². The maximum atomic E-state index is 12.6. The highest BCUT2D eigenvalue weighted by molar-refractivity contribution is 5.74. The standard InChI is InChI=1S/C14H24N6O2/c1-4-6-9-20-11-10(12(21)19(5-2)14(20)22)18(3)13(17-11)16-8-7-15/h4-9,15H2,1-3H3,(H,16,17). The van der Waals surface area contributed by atoms with Crippen molar-refractivity contribution in [2.45, 2.75) is 39.8 Å². The van der Waals surface area contributed by atoms with Gasteiger partial charge in [-0.05, 0) is 13.3 Å². The fourth-order valence-corrected chi connectivity index (χ4v) is 2.50. The van der Waals surface area contributed by atoms with Gasteiger partial charge in [-0.15, -0.1) is 0 Å².